The normalized spacial score (nSPS) is 10.5. The van der Waals surface area contributed by atoms with Crippen LogP contribution in [-0.4, -0.2) is 20.6 Å². The van der Waals surface area contributed by atoms with Crippen LogP contribution in [0.1, 0.15) is 16.2 Å². The molecule has 1 aromatic heterocycles. The Hall–Kier alpha value is -1.52. The van der Waals surface area contributed by atoms with Crippen LogP contribution < -0.4 is 0 Å². The lowest BCUT2D eigenvalue weighted by molar-refractivity contribution is 0.0679. The van der Waals surface area contributed by atoms with Gasteiger partial charge in [-0.1, -0.05) is 29.3 Å². The van der Waals surface area contributed by atoms with Gasteiger partial charge in [0.2, 0.25) is 5.82 Å². The van der Waals surface area contributed by atoms with Gasteiger partial charge in [0.1, 0.15) is 0 Å². The summed E-state index contributed by atoms with van der Waals surface area (Å²) in [6.07, 6.45) is 3.05. The van der Waals surface area contributed by atoms with Crippen LogP contribution >= 0.6 is 23.2 Å². The van der Waals surface area contributed by atoms with E-state index in [1.807, 2.05) is 0 Å². The Morgan fingerprint density at radius 3 is 2.76 bits per heavy atom. The van der Waals surface area contributed by atoms with Gasteiger partial charge < -0.3 is 9.67 Å². The van der Waals surface area contributed by atoms with Crippen molar-refractivity contribution in [2.24, 2.45) is 0 Å². The van der Waals surface area contributed by atoms with E-state index in [-0.39, 0.29) is 5.82 Å². The average molecular weight is 271 g/mol. The molecule has 0 bridgehead atoms. The number of carbonyl (C=O) groups is 1. The fourth-order valence-electron chi connectivity index (χ4n) is 1.47. The summed E-state index contributed by atoms with van der Waals surface area (Å²) >= 11 is 11.7. The highest BCUT2D eigenvalue weighted by Gasteiger charge is 2.11. The third kappa shape index (κ3) is 2.60. The summed E-state index contributed by atoms with van der Waals surface area (Å²) in [5, 5.41) is 9.82. The molecule has 2 rings (SSSR count). The summed E-state index contributed by atoms with van der Waals surface area (Å²) in [5.74, 6) is -1.06. The molecular formula is C11H8Cl2N2O2. The molecule has 1 N–H and O–H groups in total. The molecule has 4 nitrogen and oxygen atoms in total. The van der Waals surface area contributed by atoms with Gasteiger partial charge in [-0.3, -0.25) is 0 Å². The van der Waals surface area contributed by atoms with E-state index >= 15 is 0 Å². The first kappa shape index (κ1) is 12.0. The summed E-state index contributed by atoms with van der Waals surface area (Å²) < 4.78 is 1.53. The Bertz CT molecular complexity index is 566. The van der Waals surface area contributed by atoms with Gasteiger partial charge in [-0.2, -0.15) is 0 Å². The molecule has 88 valence electrons. The van der Waals surface area contributed by atoms with Gasteiger partial charge in [0.05, 0.1) is 10.0 Å². The number of aromatic carboxylic acids is 1. The molecule has 0 aliphatic heterocycles. The van der Waals surface area contributed by atoms with Crippen molar-refractivity contribution in [1.29, 1.82) is 0 Å². The predicted molar refractivity (Wildman–Crippen MR) is 64.8 cm³/mol. The number of nitrogens with zero attached hydrogens (tertiary/aromatic N) is 2. The lowest BCUT2D eigenvalue weighted by atomic mass is 10.2. The summed E-state index contributed by atoms with van der Waals surface area (Å²) in [6, 6.07) is 5.17. The number of imidazole rings is 1. The van der Waals surface area contributed by atoms with Crippen molar-refractivity contribution < 1.29 is 9.90 Å². The van der Waals surface area contributed by atoms with Crippen molar-refractivity contribution in [2.45, 2.75) is 6.54 Å². The minimum absolute atomic E-state index is 0.00364. The predicted octanol–water partition coefficient (Wildman–Crippen LogP) is 2.94. The lowest BCUT2D eigenvalue weighted by Crippen LogP contribution is -2.10. The number of aromatic nitrogens is 2. The molecule has 0 radical (unpaired) electrons. The molecule has 0 amide bonds. The maximum Gasteiger partial charge on any atom is 0.372 e. The SMILES string of the molecule is O=C(O)c1nccn1Cc1ccc(Cl)c(Cl)c1. The summed E-state index contributed by atoms with van der Waals surface area (Å²) in [6.45, 7) is 0.387. The van der Waals surface area contributed by atoms with Crippen LogP contribution in [0.3, 0.4) is 0 Å². The zero-order valence-electron chi connectivity index (χ0n) is 8.60. The molecule has 1 heterocycles. The van der Waals surface area contributed by atoms with Crippen LogP contribution in [0.5, 0.6) is 0 Å². The van der Waals surface area contributed by atoms with Gasteiger partial charge >= 0.3 is 5.97 Å². The number of rotatable bonds is 3. The Morgan fingerprint density at radius 2 is 2.12 bits per heavy atom. The van der Waals surface area contributed by atoms with Crippen molar-refractivity contribution >= 4 is 29.2 Å². The Kier molecular flexibility index (Phi) is 3.36. The Labute approximate surface area is 107 Å². The molecule has 17 heavy (non-hydrogen) atoms. The standard InChI is InChI=1S/C11H8Cl2N2O2/c12-8-2-1-7(5-9(8)13)6-15-4-3-14-10(15)11(16)17/h1-5H,6H2,(H,16,17). The summed E-state index contributed by atoms with van der Waals surface area (Å²) in [7, 11) is 0. The molecule has 6 heteroatoms. The third-order valence-corrected chi connectivity index (χ3v) is 2.98. The number of carboxylic acid groups (broad SMARTS) is 1. The fourth-order valence-corrected chi connectivity index (χ4v) is 1.79. The molecule has 0 saturated heterocycles. The molecule has 0 spiro atoms. The maximum absolute atomic E-state index is 10.9. The molecule has 0 unspecified atom stereocenters. The van der Waals surface area contributed by atoms with Gasteiger partial charge in [0.15, 0.2) is 0 Å². The smallest absolute Gasteiger partial charge is 0.372 e. The first-order valence-corrected chi connectivity index (χ1v) is 5.52. The molecule has 0 fully saturated rings. The number of benzene rings is 1. The Morgan fingerprint density at radius 1 is 1.35 bits per heavy atom. The number of carboxylic acids is 1. The van der Waals surface area contributed by atoms with E-state index in [4.69, 9.17) is 28.3 Å². The highest BCUT2D eigenvalue weighted by molar-refractivity contribution is 6.42. The number of halogens is 2. The van der Waals surface area contributed by atoms with E-state index in [0.717, 1.165) is 5.56 Å². The van der Waals surface area contributed by atoms with Crippen molar-refractivity contribution in [1.82, 2.24) is 9.55 Å². The number of hydrogen-bond acceptors (Lipinski definition) is 2. The largest absolute Gasteiger partial charge is 0.475 e. The van der Waals surface area contributed by atoms with E-state index in [1.165, 1.54) is 10.8 Å². The second kappa shape index (κ2) is 4.77. The van der Waals surface area contributed by atoms with Gasteiger partial charge in [0, 0.05) is 18.9 Å². The van der Waals surface area contributed by atoms with Crippen LogP contribution in [-0.2, 0) is 6.54 Å². The van der Waals surface area contributed by atoms with Crippen molar-refractivity contribution in [3.05, 3.63) is 52.0 Å². The molecular weight excluding hydrogens is 263 g/mol. The van der Waals surface area contributed by atoms with E-state index in [1.54, 1.807) is 24.4 Å². The maximum atomic E-state index is 10.9. The van der Waals surface area contributed by atoms with Crippen LogP contribution in [0.4, 0.5) is 0 Å². The third-order valence-electron chi connectivity index (χ3n) is 2.24. The van der Waals surface area contributed by atoms with Crippen molar-refractivity contribution in [3.63, 3.8) is 0 Å². The molecule has 0 saturated carbocycles. The van der Waals surface area contributed by atoms with E-state index in [0.29, 0.717) is 16.6 Å². The monoisotopic (exact) mass is 270 g/mol. The molecule has 0 aliphatic rings. The fraction of sp³-hybridized carbons (Fsp3) is 0.0909. The highest BCUT2D eigenvalue weighted by Crippen LogP contribution is 2.23. The van der Waals surface area contributed by atoms with Gasteiger partial charge in [0.25, 0.3) is 0 Å². The molecule has 0 atom stereocenters. The second-order valence-electron chi connectivity index (χ2n) is 3.43. The van der Waals surface area contributed by atoms with E-state index < -0.39 is 5.97 Å². The van der Waals surface area contributed by atoms with E-state index in [2.05, 4.69) is 4.98 Å². The van der Waals surface area contributed by atoms with Gasteiger partial charge in [-0.25, -0.2) is 9.78 Å². The van der Waals surface area contributed by atoms with Gasteiger partial charge in [-0.05, 0) is 17.7 Å². The average Bonchev–Trinajstić information content (AvgIpc) is 2.72. The first-order valence-electron chi connectivity index (χ1n) is 4.76. The van der Waals surface area contributed by atoms with Crippen molar-refractivity contribution in [3.8, 4) is 0 Å². The minimum atomic E-state index is -1.06. The minimum Gasteiger partial charge on any atom is -0.475 e. The van der Waals surface area contributed by atoms with Crippen LogP contribution in [0.2, 0.25) is 10.0 Å². The molecule has 0 aliphatic carbocycles. The van der Waals surface area contributed by atoms with Crippen molar-refractivity contribution in [2.75, 3.05) is 0 Å². The van der Waals surface area contributed by atoms with Crippen LogP contribution in [0.25, 0.3) is 0 Å². The Balaban J connectivity index is 2.28. The summed E-state index contributed by atoms with van der Waals surface area (Å²) in [4.78, 5) is 14.6. The van der Waals surface area contributed by atoms with Crippen LogP contribution in [0, 0.1) is 0 Å². The zero-order chi connectivity index (χ0) is 12.4. The molecule has 2 aromatic rings. The lowest BCUT2D eigenvalue weighted by Gasteiger charge is -2.06. The highest BCUT2D eigenvalue weighted by atomic mass is 35.5. The summed E-state index contributed by atoms with van der Waals surface area (Å²) in [5.41, 5.74) is 0.861. The number of hydrogen-bond donors (Lipinski definition) is 1. The quantitative estimate of drug-likeness (QED) is 0.933. The zero-order valence-corrected chi connectivity index (χ0v) is 10.1. The van der Waals surface area contributed by atoms with Crippen LogP contribution in [0.15, 0.2) is 30.6 Å². The first-order chi connectivity index (χ1) is 8.08. The molecule has 1 aromatic carbocycles. The topological polar surface area (TPSA) is 55.1 Å². The van der Waals surface area contributed by atoms with Gasteiger partial charge in [-0.15, -0.1) is 0 Å². The van der Waals surface area contributed by atoms with E-state index in [9.17, 15) is 4.79 Å². The second-order valence-corrected chi connectivity index (χ2v) is 4.25.